The van der Waals surface area contributed by atoms with Crippen LogP contribution in [0.5, 0.6) is 0 Å². The maximum Gasteiger partial charge on any atom is 0.256 e. The number of nitrogens with one attached hydrogen (secondary N) is 4. The van der Waals surface area contributed by atoms with Gasteiger partial charge in [0.15, 0.2) is 0 Å². The fourth-order valence-corrected chi connectivity index (χ4v) is 4.24. The number of hydrogen-bond donors (Lipinski definition) is 5. The van der Waals surface area contributed by atoms with Crippen LogP contribution < -0.4 is 21.3 Å². The van der Waals surface area contributed by atoms with Crippen molar-refractivity contribution in [3.63, 3.8) is 0 Å². The van der Waals surface area contributed by atoms with Crippen LogP contribution >= 0.6 is 0 Å². The molecule has 0 bridgehead atoms. The van der Waals surface area contributed by atoms with Crippen LogP contribution in [0.3, 0.4) is 0 Å². The van der Waals surface area contributed by atoms with Crippen molar-refractivity contribution < 1.29 is 14.3 Å². The number of amides is 1. The van der Waals surface area contributed by atoms with Crippen molar-refractivity contribution in [3.8, 4) is 0 Å². The van der Waals surface area contributed by atoms with Crippen LogP contribution in [-0.2, 0) is 17.6 Å². The van der Waals surface area contributed by atoms with Gasteiger partial charge in [0.2, 0.25) is 5.95 Å². The number of aromatic nitrogens is 3. The molecule has 4 rings (SSSR count). The van der Waals surface area contributed by atoms with Crippen LogP contribution in [0.2, 0.25) is 0 Å². The van der Waals surface area contributed by atoms with E-state index in [4.69, 9.17) is 0 Å². The SMILES string of the molecule is CCNC(=O)c1cnc(Nc2ccc3c(c2)CCNC3(C)C)nc1Nc1ccc(F)c(C(C)(C)O)n1. The van der Waals surface area contributed by atoms with Crippen molar-refractivity contribution in [3.05, 3.63) is 64.7 Å². The Balaban J connectivity index is 1.67. The summed E-state index contributed by atoms with van der Waals surface area (Å²) >= 11 is 0. The molecule has 0 radical (unpaired) electrons. The van der Waals surface area contributed by atoms with Gasteiger partial charge in [0.05, 0.1) is 0 Å². The van der Waals surface area contributed by atoms with E-state index in [9.17, 15) is 14.3 Å². The van der Waals surface area contributed by atoms with E-state index in [1.807, 2.05) is 13.0 Å². The molecule has 190 valence electrons. The lowest BCUT2D eigenvalue weighted by molar-refractivity contribution is 0.0696. The number of pyridine rings is 1. The van der Waals surface area contributed by atoms with Gasteiger partial charge in [-0.3, -0.25) is 4.79 Å². The van der Waals surface area contributed by atoms with Gasteiger partial charge in [-0.15, -0.1) is 0 Å². The molecule has 36 heavy (non-hydrogen) atoms. The normalized spacial score (nSPS) is 14.6. The highest BCUT2D eigenvalue weighted by Gasteiger charge is 2.27. The van der Waals surface area contributed by atoms with Crippen molar-refractivity contribution in [2.45, 2.75) is 52.2 Å². The van der Waals surface area contributed by atoms with Crippen LogP contribution in [0.1, 0.15) is 61.8 Å². The van der Waals surface area contributed by atoms with Gasteiger partial charge in [0.25, 0.3) is 5.91 Å². The highest BCUT2D eigenvalue weighted by atomic mass is 19.1. The van der Waals surface area contributed by atoms with Crippen molar-refractivity contribution in [2.75, 3.05) is 23.7 Å². The van der Waals surface area contributed by atoms with Crippen LogP contribution in [-0.4, -0.2) is 39.1 Å². The third kappa shape index (κ3) is 5.44. The van der Waals surface area contributed by atoms with Gasteiger partial charge in [-0.05, 0) is 83.0 Å². The number of rotatable bonds is 7. The van der Waals surface area contributed by atoms with E-state index in [-0.39, 0.29) is 40.3 Å². The minimum absolute atomic E-state index is 0.0991. The van der Waals surface area contributed by atoms with E-state index in [0.29, 0.717) is 6.54 Å². The number of hydrogen-bond acceptors (Lipinski definition) is 8. The topological polar surface area (TPSA) is 124 Å². The monoisotopic (exact) mass is 493 g/mol. The number of anilines is 4. The first-order chi connectivity index (χ1) is 17.0. The molecule has 9 nitrogen and oxygen atoms in total. The Morgan fingerprint density at radius 1 is 1.19 bits per heavy atom. The molecule has 1 amide bonds. The molecule has 1 aliphatic rings. The van der Waals surface area contributed by atoms with E-state index in [1.165, 1.54) is 43.3 Å². The summed E-state index contributed by atoms with van der Waals surface area (Å²) in [6.07, 6.45) is 2.34. The van der Waals surface area contributed by atoms with Gasteiger partial charge in [-0.1, -0.05) is 6.07 Å². The molecule has 2 aromatic heterocycles. The Morgan fingerprint density at radius 3 is 2.69 bits per heavy atom. The van der Waals surface area contributed by atoms with Gasteiger partial charge < -0.3 is 26.4 Å². The number of fused-ring (bicyclic) bond motifs is 1. The Morgan fingerprint density at radius 2 is 1.97 bits per heavy atom. The summed E-state index contributed by atoms with van der Waals surface area (Å²) in [7, 11) is 0. The molecule has 3 aromatic rings. The second kappa shape index (κ2) is 9.79. The highest BCUT2D eigenvalue weighted by Crippen LogP contribution is 2.31. The maximum absolute atomic E-state index is 14.2. The Hall–Kier alpha value is -3.63. The summed E-state index contributed by atoms with van der Waals surface area (Å²) in [6, 6.07) is 8.77. The van der Waals surface area contributed by atoms with Gasteiger partial charge in [-0.25, -0.2) is 14.4 Å². The van der Waals surface area contributed by atoms with Gasteiger partial charge in [0, 0.05) is 24.0 Å². The van der Waals surface area contributed by atoms with Crippen LogP contribution in [0, 0.1) is 5.82 Å². The predicted octanol–water partition coefficient (Wildman–Crippen LogP) is 3.86. The average Bonchev–Trinajstić information content (AvgIpc) is 2.79. The van der Waals surface area contributed by atoms with E-state index in [2.05, 4.69) is 62.2 Å². The van der Waals surface area contributed by atoms with Gasteiger partial charge in [0.1, 0.15) is 34.3 Å². The van der Waals surface area contributed by atoms with Crippen molar-refractivity contribution in [1.29, 1.82) is 0 Å². The Labute approximate surface area is 210 Å². The molecule has 0 spiro atoms. The van der Waals surface area contributed by atoms with E-state index in [1.54, 1.807) is 0 Å². The molecule has 0 atom stereocenters. The van der Waals surface area contributed by atoms with Gasteiger partial charge >= 0.3 is 0 Å². The fraction of sp³-hybridized carbons (Fsp3) is 0.385. The summed E-state index contributed by atoms with van der Waals surface area (Å²) in [5.74, 6) is -0.286. The second-order valence-corrected chi connectivity index (χ2v) is 9.82. The van der Waals surface area contributed by atoms with Gasteiger partial charge in [-0.2, -0.15) is 4.98 Å². The summed E-state index contributed by atoms with van der Waals surface area (Å²) in [5, 5.41) is 22.7. The number of halogens is 1. The molecule has 0 saturated carbocycles. The number of nitrogens with zero attached hydrogens (tertiary/aromatic N) is 3. The summed E-state index contributed by atoms with van der Waals surface area (Å²) in [4.78, 5) is 25.7. The minimum atomic E-state index is -1.49. The molecule has 0 aliphatic carbocycles. The number of carbonyl (C=O) groups is 1. The lowest BCUT2D eigenvalue weighted by atomic mass is 9.85. The third-order valence-corrected chi connectivity index (χ3v) is 6.04. The van der Waals surface area contributed by atoms with Crippen LogP contribution in [0.25, 0.3) is 0 Å². The molecule has 1 aromatic carbocycles. The molecule has 10 heteroatoms. The van der Waals surface area contributed by atoms with Crippen LogP contribution in [0.15, 0.2) is 36.5 Å². The van der Waals surface area contributed by atoms with E-state index in [0.717, 1.165) is 18.7 Å². The first kappa shape index (κ1) is 25.5. The average molecular weight is 494 g/mol. The first-order valence-electron chi connectivity index (χ1n) is 11.9. The molecule has 0 unspecified atom stereocenters. The Bertz CT molecular complexity index is 1290. The molecular formula is C26H32FN7O2. The van der Waals surface area contributed by atoms with Crippen molar-refractivity contribution in [1.82, 2.24) is 25.6 Å². The maximum atomic E-state index is 14.2. The molecule has 0 saturated heterocycles. The molecule has 1 aliphatic heterocycles. The zero-order valence-corrected chi connectivity index (χ0v) is 21.2. The lowest BCUT2D eigenvalue weighted by Crippen LogP contribution is -2.42. The lowest BCUT2D eigenvalue weighted by Gasteiger charge is -2.34. The highest BCUT2D eigenvalue weighted by molar-refractivity contribution is 5.99. The zero-order chi connectivity index (χ0) is 26.1. The number of benzene rings is 1. The Kier molecular flexibility index (Phi) is 6.92. The molecule has 3 heterocycles. The molecule has 0 fully saturated rings. The fourth-order valence-electron chi connectivity index (χ4n) is 4.24. The molecular weight excluding hydrogens is 461 g/mol. The summed E-state index contributed by atoms with van der Waals surface area (Å²) < 4.78 is 14.2. The quantitative estimate of drug-likeness (QED) is 0.336. The first-order valence-corrected chi connectivity index (χ1v) is 11.9. The second-order valence-electron chi connectivity index (χ2n) is 9.82. The predicted molar refractivity (Wildman–Crippen MR) is 137 cm³/mol. The van der Waals surface area contributed by atoms with E-state index >= 15 is 0 Å². The van der Waals surface area contributed by atoms with E-state index < -0.39 is 11.4 Å². The summed E-state index contributed by atoms with van der Waals surface area (Å²) in [6.45, 7) is 10.3. The third-order valence-electron chi connectivity index (χ3n) is 6.04. The smallest absolute Gasteiger partial charge is 0.256 e. The standard InChI is InChI=1S/C26H32FN7O2/c1-6-28-23(35)17-14-29-24(31-16-7-8-18-15(13-16)11-12-30-25(18,2)3)34-22(17)33-20-10-9-19(27)21(32-20)26(4,5)36/h7-10,13-14,30,36H,6,11-12H2,1-5H3,(H,28,35)(H2,29,31,32,33,34). The van der Waals surface area contributed by atoms with Crippen LogP contribution in [0.4, 0.5) is 27.7 Å². The van der Waals surface area contributed by atoms with Crippen molar-refractivity contribution in [2.24, 2.45) is 0 Å². The zero-order valence-electron chi connectivity index (χ0n) is 21.2. The number of aliphatic hydroxyl groups is 1. The number of carbonyl (C=O) groups excluding carboxylic acids is 1. The van der Waals surface area contributed by atoms with Crippen molar-refractivity contribution >= 4 is 29.2 Å². The largest absolute Gasteiger partial charge is 0.384 e. The minimum Gasteiger partial charge on any atom is -0.384 e. The molecule has 5 N–H and O–H groups in total. The summed E-state index contributed by atoms with van der Waals surface area (Å²) in [5.41, 5.74) is 1.82.